The van der Waals surface area contributed by atoms with Crippen LogP contribution in [0.3, 0.4) is 0 Å². The first-order valence-electron chi connectivity index (χ1n) is 8.91. The molecule has 1 aromatic carbocycles. The maximum Gasteiger partial charge on any atom is 0.271 e. The lowest BCUT2D eigenvalue weighted by molar-refractivity contribution is 0.0955. The number of aromatic nitrogens is 1. The van der Waals surface area contributed by atoms with E-state index in [1.807, 2.05) is 6.07 Å². The number of nitrogens with one attached hydrogen (secondary N) is 1. The number of rotatable bonds is 5. The summed E-state index contributed by atoms with van der Waals surface area (Å²) in [5.74, 6) is -0.408. The van der Waals surface area contributed by atoms with Crippen molar-refractivity contribution < 1.29 is 13.2 Å². The van der Waals surface area contributed by atoms with Crippen molar-refractivity contribution in [2.75, 3.05) is 13.1 Å². The predicted molar refractivity (Wildman–Crippen MR) is 103 cm³/mol. The molecule has 1 aliphatic heterocycles. The number of hydrogen-bond donors (Lipinski definition) is 1. The van der Waals surface area contributed by atoms with Crippen LogP contribution in [0.1, 0.15) is 41.6 Å². The molecule has 0 unspecified atom stereocenters. The molecule has 0 bridgehead atoms. The molecule has 142 valence electrons. The number of pyridine rings is 1. The fourth-order valence-corrected chi connectivity index (χ4v) is 4.41. The molecule has 1 saturated heterocycles. The van der Waals surface area contributed by atoms with E-state index >= 15 is 0 Å². The van der Waals surface area contributed by atoms with Crippen LogP contribution >= 0.6 is 0 Å². The molecule has 0 atom stereocenters. The molecule has 1 amide bonds. The molecular weight excluding hydrogens is 364 g/mol. The second kappa shape index (κ2) is 8.88. The highest BCUT2D eigenvalue weighted by Crippen LogP contribution is 2.20. The molecule has 0 aliphatic carbocycles. The van der Waals surface area contributed by atoms with Crippen LogP contribution in [0.15, 0.2) is 58.8 Å². The number of carbonyl (C=O) groups is 1. The van der Waals surface area contributed by atoms with Crippen molar-refractivity contribution in [1.82, 2.24) is 14.7 Å². The molecule has 2 heterocycles. The molecule has 1 aliphatic rings. The van der Waals surface area contributed by atoms with Crippen LogP contribution in [0, 0.1) is 0 Å². The van der Waals surface area contributed by atoms with Gasteiger partial charge in [0.1, 0.15) is 0 Å². The number of hydrogen-bond acceptors (Lipinski definition) is 5. The highest BCUT2D eigenvalue weighted by atomic mass is 32.2. The Morgan fingerprint density at radius 2 is 1.78 bits per heavy atom. The highest BCUT2D eigenvalue weighted by molar-refractivity contribution is 7.89. The fraction of sp³-hybridized carbons (Fsp3) is 0.316. The van der Waals surface area contributed by atoms with E-state index in [0.29, 0.717) is 18.7 Å². The van der Waals surface area contributed by atoms with Crippen LogP contribution in [0.2, 0.25) is 0 Å². The summed E-state index contributed by atoms with van der Waals surface area (Å²) in [6, 6.07) is 9.52. The molecule has 8 heteroatoms. The van der Waals surface area contributed by atoms with Gasteiger partial charge < -0.3 is 0 Å². The zero-order valence-electron chi connectivity index (χ0n) is 14.9. The Kier molecular flexibility index (Phi) is 6.31. The normalized spacial score (nSPS) is 16.1. The van der Waals surface area contributed by atoms with E-state index in [1.54, 1.807) is 18.5 Å². The van der Waals surface area contributed by atoms with Gasteiger partial charge in [0, 0.05) is 36.6 Å². The van der Waals surface area contributed by atoms with Gasteiger partial charge in [-0.15, -0.1) is 0 Å². The summed E-state index contributed by atoms with van der Waals surface area (Å²) in [6.07, 6.45) is 8.65. The average molecular weight is 386 g/mol. The van der Waals surface area contributed by atoms with Gasteiger partial charge in [-0.3, -0.25) is 9.78 Å². The molecule has 1 N–H and O–H groups in total. The molecule has 3 rings (SSSR count). The lowest BCUT2D eigenvalue weighted by atomic mass is 10.2. The Morgan fingerprint density at radius 3 is 2.41 bits per heavy atom. The first-order chi connectivity index (χ1) is 13.1. The van der Waals surface area contributed by atoms with Gasteiger partial charge in [0.25, 0.3) is 5.91 Å². The topological polar surface area (TPSA) is 91.7 Å². The second-order valence-corrected chi connectivity index (χ2v) is 8.27. The van der Waals surface area contributed by atoms with Crippen LogP contribution in [0.25, 0.3) is 0 Å². The van der Waals surface area contributed by atoms with Gasteiger partial charge in [-0.1, -0.05) is 18.9 Å². The van der Waals surface area contributed by atoms with Crippen molar-refractivity contribution in [2.24, 2.45) is 5.10 Å². The summed E-state index contributed by atoms with van der Waals surface area (Å²) in [4.78, 5) is 16.3. The van der Waals surface area contributed by atoms with Gasteiger partial charge in [0.15, 0.2) is 0 Å². The van der Waals surface area contributed by atoms with Gasteiger partial charge in [-0.25, -0.2) is 13.8 Å². The van der Waals surface area contributed by atoms with Gasteiger partial charge in [0.05, 0.1) is 11.1 Å². The van der Waals surface area contributed by atoms with Gasteiger partial charge in [0.2, 0.25) is 10.0 Å². The van der Waals surface area contributed by atoms with Crippen molar-refractivity contribution in [3.8, 4) is 0 Å². The third kappa shape index (κ3) is 4.99. The first-order valence-corrected chi connectivity index (χ1v) is 10.3. The molecule has 27 heavy (non-hydrogen) atoms. The Morgan fingerprint density at radius 1 is 1.07 bits per heavy atom. The summed E-state index contributed by atoms with van der Waals surface area (Å²) >= 11 is 0. The maximum atomic E-state index is 12.7. The lowest BCUT2D eigenvalue weighted by Crippen LogP contribution is -2.32. The SMILES string of the molecule is O=C(N/N=C\c1cccnc1)c1ccc(S(=O)(=O)N2CCCCCC2)cc1. The van der Waals surface area contributed by atoms with Crippen molar-refractivity contribution >= 4 is 22.1 Å². The molecule has 0 saturated carbocycles. The molecule has 1 fully saturated rings. The predicted octanol–water partition coefficient (Wildman–Crippen LogP) is 2.41. The minimum Gasteiger partial charge on any atom is -0.267 e. The van der Waals surface area contributed by atoms with E-state index in [0.717, 1.165) is 31.2 Å². The van der Waals surface area contributed by atoms with Crippen molar-refractivity contribution in [3.63, 3.8) is 0 Å². The number of sulfonamides is 1. The number of carbonyl (C=O) groups excluding carboxylic acids is 1. The monoisotopic (exact) mass is 386 g/mol. The molecular formula is C19H22N4O3S. The third-order valence-corrected chi connectivity index (χ3v) is 6.30. The van der Waals surface area contributed by atoms with Crippen molar-refractivity contribution in [3.05, 3.63) is 59.9 Å². The van der Waals surface area contributed by atoms with Crippen LogP contribution in [-0.4, -0.2) is 42.9 Å². The summed E-state index contributed by atoms with van der Waals surface area (Å²) in [5.41, 5.74) is 3.52. The van der Waals surface area contributed by atoms with E-state index in [4.69, 9.17) is 0 Å². The van der Waals surface area contributed by atoms with E-state index in [9.17, 15) is 13.2 Å². The minimum absolute atomic E-state index is 0.208. The van der Waals surface area contributed by atoms with Gasteiger partial charge in [-0.05, 0) is 43.2 Å². The Labute approximate surface area is 159 Å². The van der Waals surface area contributed by atoms with Crippen LogP contribution in [-0.2, 0) is 10.0 Å². The number of nitrogens with zero attached hydrogens (tertiary/aromatic N) is 3. The summed E-state index contributed by atoms with van der Waals surface area (Å²) < 4.78 is 27.0. The van der Waals surface area contributed by atoms with Crippen LogP contribution in [0.5, 0.6) is 0 Å². The zero-order valence-corrected chi connectivity index (χ0v) is 15.7. The standard InChI is InChI=1S/C19H22N4O3S/c24-19(22-21-15-16-6-5-11-20-14-16)17-7-9-18(10-8-17)27(25,26)23-12-3-1-2-4-13-23/h5-11,14-15H,1-4,12-13H2,(H,22,24)/b21-15-. The second-order valence-electron chi connectivity index (χ2n) is 6.33. The smallest absolute Gasteiger partial charge is 0.267 e. The van der Waals surface area contributed by atoms with Crippen molar-refractivity contribution in [1.29, 1.82) is 0 Å². The Balaban J connectivity index is 1.65. The van der Waals surface area contributed by atoms with Gasteiger partial charge in [-0.2, -0.15) is 9.41 Å². The molecule has 0 spiro atoms. The summed E-state index contributed by atoms with van der Waals surface area (Å²) in [7, 11) is -3.52. The highest BCUT2D eigenvalue weighted by Gasteiger charge is 2.25. The molecule has 7 nitrogen and oxygen atoms in total. The molecule has 2 aromatic rings. The Bertz CT molecular complexity index is 888. The number of benzene rings is 1. The quantitative estimate of drug-likeness (QED) is 0.631. The summed E-state index contributed by atoms with van der Waals surface area (Å²) in [5, 5.41) is 3.88. The van der Waals surface area contributed by atoms with Crippen LogP contribution in [0.4, 0.5) is 0 Å². The first kappa shape index (κ1) is 19.2. The summed E-state index contributed by atoms with van der Waals surface area (Å²) in [6.45, 7) is 1.10. The fourth-order valence-electron chi connectivity index (χ4n) is 2.89. The van der Waals surface area contributed by atoms with E-state index in [-0.39, 0.29) is 4.90 Å². The Hall–Kier alpha value is -2.58. The number of amides is 1. The van der Waals surface area contributed by atoms with Gasteiger partial charge >= 0.3 is 0 Å². The zero-order chi connectivity index (χ0) is 19.1. The minimum atomic E-state index is -3.52. The molecule has 0 radical (unpaired) electrons. The maximum absolute atomic E-state index is 12.7. The van der Waals surface area contributed by atoms with E-state index < -0.39 is 15.9 Å². The third-order valence-electron chi connectivity index (χ3n) is 4.38. The number of hydrazone groups is 1. The van der Waals surface area contributed by atoms with E-state index in [1.165, 1.54) is 34.8 Å². The lowest BCUT2D eigenvalue weighted by Gasteiger charge is -2.19. The largest absolute Gasteiger partial charge is 0.271 e. The molecule has 1 aromatic heterocycles. The average Bonchev–Trinajstić information content (AvgIpc) is 2.99. The van der Waals surface area contributed by atoms with Crippen LogP contribution < -0.4 is 5.43 Å². The van der Waals surface area contributed by atoms with E-state index in [2.05, 4.69) is 15.5 Å². The van der Waals surface area contributed by atoms with Crippen molar-refractivity contribution in [2.45, 2.75) is 30.6 Å².